The fourth-order valence-corrected chi connectivity index (χ4v) is 6.25. The average molecular weight is 261 g/mol. The maximum Gasteiger partial charge on any atom is 0.580 e. The standard InChI is InChI=1S/C13H16F3S/c14-13(15,16)17-11-7-3-1-5-9(11)10-6-2-4-8-12(10)17/h1,3,9,11H,2,4-8H2/q+1. The highest BCUT2D eigenvalue weighted by atomic mass is 32.2. The number of alkyl halides is 3. The van der Waals surface area contributed by atoms with E-state index in [9.17, 15) is 13.2 Å². The number of hydrogen-bond acceptors (Lipinski definition) is 0. The summed E-state index contributed by atoms with van der Waals surface area (Å²) in [6, 6.07) is 0. The Balaban J connectivity index is 2.01. The van der Waals surface area contributed by atoms with E-state index in [1.807, 2.05) is 6.08 Å². The molecule has 0 bridgehead atoms. The summed E-state index contributed by atoms with van der Waals surface area (Å²) in [6.45, 7) is 0. The third-order valence-electron chi connectivity index (χ3n) is 4.10. The van der Waals surface area contributed by atoms with Crippen LogP contribution >= 0.6 is 0 Å². The molecule has 0 N–H and O–H groups in total. The van der Waals surface area contributed by atoms with E-state index in [2.05, 4.69) is 6.08 Å². The Bertz CT molecular complexity index is 381. The fraction of sp³-hybridized carbons (Fsp3) is 0.692. The summed E-state index contributed by atoms with van der Waals surface area (Å²) in [5.41, 5.74) is -2.83. The zero-order valence-corrected chi connectivity index (χ0v) is 10.4. The van der Waals surface area contributed by atoms with Gasteiger partial charge < -0.3 is 0 Å². The van der Waals surface area contributed by atoms with Gasteiger partial charge in [-0.05, 0) is 31.3 Å². The summed E-state index contributed by atoms with van der Waals surface area (Å²) in [6.07, 6.45) is 9.14. The van der Waals surface area contributed by atoms with Crippen LogP contribution in [0.1, 0.15) is 38.5 Å². The summed E-state index contributed by atoms with van der Waals surface area (Å²) in [5.74, 6) is 0.209. The lowest BCUT2D eigenvalue weighted by atomic mass is 9.82. The molecule has 3 unspecified atom stereocenters. The minimum atomic E-state index is -4.01. The molecule has 0 fully saturated rings. The number of hydrogen-bond donors (Lipinski definition) is 0. The summed E-state index contributed by atoms with van der Waals surface area (Å²) in [4.78, 5) is 0.794. The number of halogens is 3. The Labute approximate surface area is 102 Å². The molecular weight excluding hydrogens is 245 g/mol. The van der Waals surface area contributed by atoms with Gasteiger partial charge in [-0.15, -0.1) is 13.2 Å². The number of allylic oxidation sites excluding steroid dienone is 4. The largest absolute Gasteiger partial charge is 0.580 e. The van der Waals surface area contributed by atoms with Gasteiger partial charge in [-0.25, -0.2) is 0 Å². The Morgan fingerprint density at radius 3 is 2.53 bits per heavy atom. The molecule has 0 saturated carbocycles. The second kappa shape index (κ2) is 4.08. The molecule has 0 radical (unpaired) electrons. The lowest BCUT2D eigenvalue weighted by Gasteiger charge is -2.21. The molecule has 3 rings (SSSR count). The molecule has 2 aliphatic carbocycles. The molecule has 0 spiro atoms. The van der Waals surface area contributed by atoms with Crippen LogP contribution in [0.2, 0.25) is 0 Å². The maximum absolute atomic E-state index is 13.3. The van der Waals surface area contributed by atoms with Gasteiger partial charge in [0.15, 0.2) is 0 Å². The summed E-state index contributed by atoms with van der Waals surface area (Å²) >= 11 is 0. The average Bonchev–Trinajstić information content (AvgIpc) is 2.63. The Morgan fingerprint density at radius 2 is 1.76 bits per heavy atom. The molecule has 4 heteroatoms. The van der Waals surface area contributed by atoms with E-state index in [-0.39, 0.29) is 11.2 Å². The molecule has 3 atom stereocenters. The highest BCUT2D eigenvalue weighted by Crippen LogP contribution is 2.54. The van der Waals surface area contributed by atoms with Gasteiger partial charge >= 0.3 is 5.51 Å². The van der Waals surface area contributed by atoms with Crippen molar-refractivity contribution in [2.45, 2.75) is 49.3 Å². The lowest BCUT2D eigenvalue weighted by Crippen LogP contribution is -2.36. The number of rotatable bonds is 0. The van der Waals surface area contributed by atoms with Gasteiger partial charge in [0.2, 0.25) is 0 Å². The van der Waals surface area contributed by atoms with E-state index in [1.54, 1.807) is 0 Å². The fourth-order valence-electron chi connectivity index (χ4n) is 3.45. The van der Waals surface area contributed by atoms with Crippen LogP contribution in [0.15, 0.2) is 22.6 Å². The second-order valence-electron chi connectivity index (χ2n) is 5.03. The molecule has 0 saturated heterocycles. The van der Waals surface area contributed by atoms with Crippen LogP contribution in [0.5, 0.6) is 0 Å². The zero-order valence-electron chi connectivity index (χ0n) is 9.59. The highest BCUT2D eigenvalue weighted by molar-refractivity contribution is 8.02. The van der Waals surface area contributed by atoms with Crippen LogP contribution in [-0.2, 0) is 10.9 Å². The Hall–Kier alpha value is -0.380. The van der Waals surface area contributed by atoms with E-state index < -0.39 is 16.4 Å². The monoisotopic (exact) mass is 261 g/mol. The van der Waals surface area contributed by atoms with Crippen LogP contribution in [0.25, 0.3) is 0 Å². The first-order valence-electron chi connectivity index (χ1n) is 6.26. The Kier molecular flexibility index (Phi) is 2.80. The molecular formula is C13H16F3S+. The lowest BCUT2D eigenvalue weighted by molar-refractivity contribution is -0.0370. The van der Waals surface area contributed by atoms with Crippen LogP contribution in [0.3, 0.4) is 0 Å². The van der Waals surface area contributed by atoms with Crippen molar-refractivity contribution in [3.8, 4) is 0 Å². The SMILES string of the molecule is FC(F)(F)[S+]1C2=C(CCCC2)C2CC=CCC21. The minimum Gasteiger partial charge on any atom is -0.122 e. The van der Waals surface area contributed by atoms with E-state index in [1.165, 1.54) is 5.57 Å². The van der Waals surface area contributed by atoms with Crippen molar-refractivity contribution in [1.82, 2.24) is 0 Å². The van der Waals surface area contributed by atoms with E-state index in [0.29, 0.717) is 12.8 Å². The van der Waals surface area contributed by atoms with Crippen LogP contribution < -0.4 is 0 Å². The van der Waals surface area contributed by atoms with Crippen LogP contribution in [-0.4, -0.2) is 10.8 Å². The van der Waals surface area contributed by atoms with Crippen molar-refractivity contribution in [2.24, 2.45) is 5.92 Å². The molecule has 1 aliphatic heterocycles. The predicted molar refractivity (Wildman–Crippen MR) is 64.6 cm³/mol. The zero-order chi connectivity index (χ0) is 12.0. The normalized spacial score (nSPS) is 37.0. The quantitative estimate of drug-likeness (QED) is 0.450. The summed E-state index contributed by atoms with van der Waals surface area (Å²) < 4.78 is 39.8. The second-order valence-corrected chi connectivity index (χ2v) is 7.26. The van der Waals surface area contributed by atoms with E-state index in [0.717, 1.165) is 30.6 Å². The third kappa shape index (κ3) is 1.85. The predicted octanol–water partition coefficient (Wildman–Crippen LogP) is 4.30. The molecule has 0 aromatic carbocycles. The van der Waals surface area contributed by atoms with Crippen molar-refractivity contribution in [3.63, 3.8) is 0 Å². The molecule has 0 aromatic heterocycles. The molecule has 0 amide bonds. The van der Waals surface area contributed by atoms with Gasteiger partial charge in [0, 0.05) is 18.8 Å². The molecule has 94 valence electrons. The van der Waals surface area contributed by atoms with Crippen molar-refractivity contribution in [1.29, 1.82) is 0 Å². The van der Waals surface area contributed by atoms with Crippen molar-refractivity contribution >= 4 is 10.9 Å². The highest BCUT2D eigenvalue weighted by Gasteiger charge is 2.65. The van der Waals surface area contributed by atoms with Gasteiger partial charge in [0.05, 0.1) is 0 Å². The van der Waals surface area contributed by atoms with Gasteiger partial charge in [-0.1, -0.05) is 12.2 Å². The number of fused-ring (bicyclic) bond motifs is 2. The van der Waals surface area contributed by atoms with Crippen LogP contribution in [0, 0.1) is 5.92 Å². The molecule has 0 nitrogen and oxygen atoms in total. The third-order valence-corrected chi connectivity index (χ3v) is 6.72. The molecule has 17 heavy (non-hydrogen) atoms. The first-order chi connectivity index (χ1) is 8.09. The van der Waals surface area contributed by atoms with E-state index in [4.69, 9.17) is 0 Å². The molecule has 1 heterocycles. The van der Waals surface area contributed by atoms with Gasteiger partial charge in [0.1, 0.15) is 21.1 Å². The smallest absolute Gasteiger partial charge is 0.122 e. The van der Waals surface area contributed by atoms with Crippen LogP contribution in [0.4, 0.5) is 13.2 Å². The van der Waals surface area contributed by atoms with Gasteiger partial charge in [-0.2, -0.15) is 0 Å². The molecule has 0 aromatic rings. The first kappa shape index (κ1) is 11.7. The Morgan fingerprint density at radius 1 is 1.06 bits per heavy atom. The maximum atomic E-state index is 13.3. The van der Waals surface area contributed by atoms with Crippen molar-refractivity contribution in [2.75, 3.05) is 0 Å². The van der Waals surface area contributed by atoms with Gasteiger partial charge in [0.25, 0.3) is 0 Å². The summed E-state index contributed by atoms with van der Waals surface area (Å²) in [7, 11) is -1.45. The first-order valence-corrected chi connectivity index (χ1v) is 7.54. The minimum absolute atomic E-state index is 0.164. The van der Waals surface area contributed by atoms with Crippen molar-refractivity contribution in [3.05, 3.63) is 22.6 Å². The summed E-state index contributed by atoms with van der Waals surface area (Å²) in [5, 5.41) is -0.164. The molecule has 3 aliphatic rings. The van der Waals surface area contributed by atoms with Gasteiger partial charge in [-0.3, -0.25) is 0 Å². The topological polar surface area (TPSA) is 0 Å². The van der Waals surface area contributed by atoms with Crippen molar-refractivity contribution < 1.29 is 13.2 Å². The van der Waals surface area contributed by atoms with E-state index >= 15 is 0 Å².